The zero-order chi connectivity index (χ0) is 19.1. The molecule has 1 amide bonds. The molecule has 0 bridgehead atoms. The van der Waals surface area contributed by atoms with E-state index >= 15 is 0 Å². The molecule has 0 saturated carbocycles. The van der Waals surface area contributed by atoms with Crippen LogP contribution in [0.5, 0.6) is 0 Å². The Balaban J connectivity index is 1.63. The quantitative estimate of drug-likeness (QED) is 0.691. The molecular weight excluding hydrogens is 343 g/mol. The topological polar surface area (TPSA) is 58.1 Å². The van der Waals surface area contributed by atoms with Gasteiger partial charge in [0, 0.05) is 25.2 Å². The van der Waals surface area contributed by atoms with Crippen LogP contribution in [-0.2, 0) is 13.1 Å². The summed E-state index contributed by atoms with van der Waals surface area (Å²) in [7, 11) is 0. The second-order valence-electron chi connectivity index (χ2n) is 6.05. The van der Waals surface area contributed by atoms with E-state index in [1.165, 1.54) is 6.07 Å². The van der Waals surface area contributed by atoms with Crippen molar-refractivity contribution in [2.75, 3.05) is 11.9 Å². The van der Waals surface area contributed by atoms with Crippen LogP contribution in [0.25, 0.3) is 0 Å². The first kappa shape index (κ1) is 18.5. The maximum absolute atomic E-state index is 13.6. The minimum absolute atomic E-state index is 0.172. The first-order valence-electron chi connectivity index (χ1n) is 8.81. The maximum atomic E-state index is 13.6. The minimum Gasteiger partial charge on any atom is -0.364 e. The summed E-state index contributed by atoms with van der Waals surface area (Å²) in [5.41, 5.74) is 1.88. The number of aromatic nitrogens is 2. The summed E-state index contributed by atoms with van der Waals surface area (Å²) in [5.74, 6) is 0.0414. The van der Waals surface area contributed by atoms with Crippen LogP contribution >= 0.6 is 0 Å². The molecule has 0 aliphatic carbocycles. The van der Waals surface area contributed by atoms with Crippen LogP contribution in [-0.4, -0.2) is 27.5 Å². The lowest BCUT2D eigenvalue weighted by Crippen LogP contribution is -2.31. The summed E-state index contributed by atoms with van der Waals surface area (Å²) >= 11 is 0. The lowest BCUT2D eigenvalue weighted by atomic mass is 10.2. The number of rotatable bonds is 7. The molecule has 2 aromatic carbocycles. The number of carbonyl (C=O) groups excluding carboxylic acids is 1. The van der Waals surface area contributed by atoms with E-state index in [4.69, 9.17) is 0 Å². The van der Waals surface area contributed by atoms with E-state index in [0.717, 1.165) is 5.56 Å². The van der Waals surface area contributed by atoms with Crippen LogP contribution in [0, 0.1) is 5.82 Å². The molecule has 3 rings (SSSR count). The summed E-state index contributed by atoms with van der Waals surface area (Å²) in [6.07, 6.45) is 0. The molecule has 1 N–H and O–H groups in total. The Morgan fingerprint density at radius 2 is 1.74 bits per heavy atom. The van der Waals surface area contributed by atoms with Crippen molar-refractivity contribution in [3.8, 4) is 0 Å². The first-order valence-corrected chi connectivity index (χ1v) is 8.81. The van der Waals surface area contributed by atoms with Gasteiger partial charge in [0.1, 0.15) is 11.6 Å². The Hall–Kier alpha value is -3.28. The van der Waals surface area contributed by atoms with E-state index < -0.39 is 0 Å². The number of nitrogens with zero attached hydrogens (tertiary/aromatic N) is 3. The molecule has 0 saturated heterocycles. The summed E-state index contributed by atoms with van der Waals surface area (Å²) in [6, 6.07) is 19.7. The van der Waals surface area contributed by atoms with Crippen molar-refractivity contribution >= 4 is 11.7 Å². The Kier molecular flexibility index (Phi) is 6.10. The van der Waals surface area contributed by atoms with E-state index in [-0.39, 0.29) is 17.4 Å². The molecule has 27 heavy (non-hydrogen) atoms. The largest absolute Gasteiger partial charge is 0.364 e. The number of anilines is 1. The summed E-state index contributed by atoms with van der Waals surface area (Å²) < 4.78 is 13.6. The van der Waals surface area contributed by atoms with Gasteiger partial charge in [-0.3, -0.25) is 4.79 Å². The van der Waals surface area contributed by atoms with E-state index in [9.17, 15) is 9.18 Å². The number of carbonyl (C=O) groups is 1. The van der Waals surface area contributed by atoms with Crippen molar-refractivity contribution in [2.24, 2.45) is 0 Å². The third kappa shape index (κ3) is 4.88. The van der Waals surface area contributed by atoms with Gasteiger partial charge in [-0.15, -0.1) is 10.2 Å². The predicted molar refractivity (Wildman–Crippen MR) is 103 cm³/mol. The molecule has 6 heteroatoms. The maximum Gasteiger partial charge on any atom is 0.274 e. The number of nitrogens with one attached hydrogen (secondary N) is 1. The molecule has 0 atom stereocenters. The highest BCUT2D eigenvalue weighted by Crippen LogP contribution is 2.12. The van der Waals surface area contributed by atoms with E-state index in [1.54, 1.807) is 35.2 Å². The van der Waals surface area contributed by atoms with Gasteiger partial charge in [0.15, 0.2) is 5.69 Å². The zero-order valence-corrected chi connectivity index (χ0v) is 15.1. The molecule has 5 nitrogen and oxygen atoms in total. The average molecular weight is 364 g/mol. The number of benzene rings is 2. The normalized spacial score (nSPS) is 10.4. The summed E-state index contributed by atoms with van der Waals surface area (Å²) in [4.78, 5) is 14.4. The van der Waals surface area contributed by atoms with Crippen LogP contribution in [0.1, 0.15) is 28.5 Å². The molecule has 0 aliphatic rings. The Bertz CT molecular complexity index is 884. The third-order valence-corrected chi connectivity index (χ3v) is 4.19. The molecule has 0 unspecified atom stereocenters. The Labute approximate surface area is 157 Å². The van der Waals surface area contributed by atoms with E-state index in [0.29, 0.717) is 31.0 Å². The third-order valence-electron chi connectivity index (χ3n) is 4.19. The Morgan fingerprint density at radius 1 is 1.00 bits per heavy atom. The van der Waals surface area contributed by atoms with Gasteiger partial charge >= 0.3 is 0 Å². The first-order chi connectivity index (χ1) is 13.2. The molecule has 1 aromatic heterocycles. The van der Waals surface area contributed by atoms with Gasteiger partial charge in [-0.1, -0.05) is 48.5 Å². The van der Waals surface area contributed by atoms with Gasteiger partial charge in [0.2, 0.25) is 0 Å². The van der Waals surface area contributed by atoms with Crippen LogP contribution in [0.3, 0.4) is 0 Å². The lowest BCUT2D eigenvalue weighted by molar-refractivity contribution is 0.0745. The number of hydrogen-bond acceptors (Lipinski definition) is 4. The monoisotopic (exact) mass is 364 g/mol. The number of hydrogen-bond donors (Lipinski definition) is 1. The van der Waals surface area contributed by atoms with Crippen LogP contribution in [0.15, 0.2) is 66.7 Å². The van der Waals surface area contributed by atoms with Crippen molar-refractivity contribution in [1.29, 1.82) is 0 Å². The van der Waals surface area contributed by atoms with Crippen molar-refractivity contribution in [3.63, 3.8) is 0 Å². The molecule has 0 fully saturated rings. The fourth-order valence-corrected chi connectivity index (χ4v) is 2.66. The fourth-order valence-electron chi connectivity index (χ4n) is 2.66. The number of halogens is 1. The van der Waals surface area contributed by atoms with Crippen molar-refractivity contribution in [1.82, 2.24) is 15.1 Å². The molecule has 0 aliphatic heterocycles. The minimum atomic E-state index is -0.274. The molecule has 3 aromatic rings. The zero-order valence-electron chi connectivity index (χ0n) is 15.1. The molecular formula is C21H21FN4O. The SMILES string of the molecule is CCN(Cc1ccccc1)C(=O)c1ccc(NCc2ccccc2F)nn1. The van der Waals surface area contributed by atoms with Crippen molar-refractivity contribution < 1.29 is 9.18 Å². The van der Waals surface area contributed by atoms with Gasteiger partial charge in [-0.2, -0.15) is 0 Å². The van der Waals surface area contributed by atoms with E-state index in [2.05, 4.69) is 15.5 Å². The second kappa shape index (κ2) is 8.89. The highest BCUT2D eigenvalue weighted by atomic mass is 19.1. The fraction of sp³-hybridized carbons (Fsp3) is 0.190. The van der Waals surface area contributed by atoms with Gasteiger partial charge < -0.3 is 10.2 Å². The molecule has 0 radical (unpaired) electrons. The predicted octanol–water partition coefficient (Wildman–Crippen LogP) is 3.89. The summed E-state index contributed by atoms with van der Waals surface area (Å²) in [6.45, 7) is 3.32. The highest BCUT2D eigenvalue weighted by molar-refractivity contribution is 5.92. The summed E-state index contributed by atoms with van der Waals surface area (Å²) in [5, 5.41) is 11.1. The molecule has 138 valence electrons. The molecule has 0 spiro atoms. The van der Waals surface area contributed by atoms with Gasteiger partial charge in [0.25, 0.3) is 5.91 Å². The van der Waals surface area contributed by atoms with Crippen molar-refractivity contribution in [3.05, 3.63) is 89.4 Å². The van der Waals surface area contributed by atoms with Gasteiger partial charge in [-0.05, 0) is 30.7 Å². The molecule has 1 heterocycles. The van der Waals surface area contributed by atoms with Gasteiger partial charge in [0.05, 0.1) is 0 Å². The Morgan fingerprint density at radius 3 is 2.41 bits per heavy atom. The lowest BCUT2D eigenvalue weighted by Gasteiger charge is -2.20. The smallest absolute Gasteiger partial charge is 0.274 e. The highest BCUT2D eigenvalue weighted by Gasteiger charge is 2.16. The van der Waals surface area contributed by atoms with Crippen LogP contribution in [0.4, 0.5) is 10.2 Å². The second-order valence-corrected chi connectivity index (χ2v) is 6.05. The van der Waals surface area contributed by atoms with E-state index in [1.807, 2.05) is 37.3 Å². The van der Waals surface area contributed by atoms with Crippen molar-refractivity contribution in [2.45, 2.75) is 20.0 Å². The van der Waals surface area contributed by atoms with Gasteiger partial charge in [-0.25, -0.2) is 4.39 Å². The van der Waals surface area contributed by atoms with Crippen LogP contribution < -0.4 is 5.32 Å². The number of amides is 1. The van der Waals surface area contributed by atoms with Crippen LogP contribution in [0.2, 0.25) is 0 Å². The average Bonchev–Trinajstić information content (AvgIpc) is 2.72. The standard InChI is InChI=1S/C21H21FN4O/c1-2-26(15-16-8-4-3-5-9-16)21(27)19-12-13-20(25-24-19)23-14-17-10-6-7-11-18(17)22/h3-13H,2,14-15H2,1H3,(H,23,25).